The molecule has 2 aromatic heterocycles. The van der Waals surface area contributed by atoms with Gasteiger partial charge in [0.1, 0.15) is 5.58 Å². The van der Waals surface area contributed by atoms with Gasteiger partial charge in [-0.25, -0.2) is 5.84 Å². The Hall–Kier alpha value is -2.15. The van der Waals surface area contributed by atoms with Crippen LogP contribution < -0.4 is 11.3 Å². The molecule has 0 atom stereocenters. The minimum Gasteiger partial charge on any atom is -0.450 e. The van der Waals surface area contributed by atoms with Crippen LogP contribution in [-0.2, 0) is 18.0 Å². The fourth-order valence-corrected chi connectivity index (χ4v) is 2.78. The summed E-state index contributed by atoms with van der Waals surface area (Å²) in [7, 11) is 0. The van der Waals surface area contributed by atoms with Crippen molar-refractivity contribution in [3.63, 3.8) is 0 Å². The molecular formula is C15H14N2O3S. The van der Waals surface area contributed by atoms with Gasteiger partial charge in [-0.3, -0.25) is 10.2 Å². The summed E-state index contributed by atoms with van der Waals surface area (Å²) in [5, 5.41) is 2.86. The number of furan rings is 1. The molecular weight excluding hydrogens is 288 g/mol. The molecule has 21 heavy (non-hydrogen) atoms. The zero-order valence-corrected chi connectivity index (χ0v) is 12.0. The molecule has 3 aromatic rings. The summed E-state index contributed by atoms with van der Waals surface area (Å²) in [4.78, 5) is 12.9. The molecule has 0 aliphatic heterocycles. The van der Waals surface area contributed by atoms with Gasteiger partial charge in [-0.2, -0.15) is 0 Å². The molecule has 0 aliphatic rings. The van der Waals surface area contributed by atoms with Crippen LogP contribution in [0.2, 0.25) is 0 Å². The van der Waals surface area contributed by atoms with Crippen molar-refractivity contribution in [2.24, 2.45) is 5.84 Å². The van der Waals surface area contributed by atoms with E-state index in [2.05, 4.69) is 5.43 Å². The Labute approximate surface area is 125 Å². The second-order valence-corrected chi connectivity index (χ2v) is 5.48. The monoisotopic (exact) mass is 302 g/mol. The van der Waals surface area contributed by atoms with Crippen molar-refractivity contribution in [3.05, 3.63) is 58.0 Å². The standard InChI is InChI=1S/C15H14N2O3S/c16-17-15(18)14-12(9-19-8-10-4-3-7-21-10)11-5-1-2-6-13(11)20-14/h1-7H,8-9,16H2,(H,17,18). The van der Waals surface area contributed by atoms with E-state index in [0.717, 1.165) is 10.3 Å². The number of hydrogen-bond acceptors (Lipinski definition) is 5. The molecule has 0 saturated heterocycles. The number of para-hydroxylation sites is 1. The van der Waals surface area contributed by atoms with Gasteiger partial charge in [0.2, 0.25) is 0 Å². The van der Waals surface area contributed by atoms with Crippen molar-refractivity contribution in [2.45, 2.75) is 13.2 Å². The minimum absolute atomic E-state index is 0.199. The fraction of sp³-hybridized carbons (Fsp3) is 0.133. The fourth-order valence-electron chi connectivity index (χ4n) is 2.14. The molecule has 3 N–H and O–H groups in total. The van der Waals surface area contributed by atoms with Crippen molar-refractivity contribution in [1.29, 1.82) is 0 Å². The van der Waals surface area contributed by atoms with Crippen LogP contribution in [0.5, 0.6) is 0 Å². The second kappa shape index (κ2) is 6.09. The summed E-state index contributed by atoms with van der Waals surface area (Å²) < 4.78 is 11.3. The normalized spacial score (nSPS) is 10.9. The number of thiophene rings is 1. The van der Waals surface area contributed by atoms with Crippen molar-refractivity contribution in [2.75, 3.05) is 0 Å². The maximum absolute atomic E-state index is 11.8. The largest absolute Gasteiger partial charge is 0.450 e. The predicted octanol–water partition coefficient (Wildman–Crippen LogP) is 2.81. The number of hydrazine groups is 1. The number of nitrogens with one attached hydrogen (secondary N) is 1. The number of ether oxygens (including phenoxy) is 1. The Balaban J connectivity index is 1.86. The lowest BCUT2D eigenvalue weighted by molar-refractivity contribution is 0.0901. The number of hydrogen-bond donors (Lipinski definition) is 2. The van der Waals surface area contributed by atoms with E-state index >= 15 is 0 Å². The molecule has 1 aromatic carbocycles. The number of carbonyl (C=O) groups excluding carboxylic acids is 1. The van der Waals surface area contributed by atoms with Crippen LogP contribution in [0.15, 0.2) is 46.2 Å². The van der Waals surface area contributed by atoms with Crippen molar-refractivity contribution in [1.82, 2.24) is 5.43 Å². The highest BCUT2D eigenvalue weighted by Gasteiger charge is 2.19. The second-order valence-electron chi connectivity index (χ2n) is 4.45. The van der Waals surface area contributed by atoms with Crippen LogP contribution in [0, 0.1) is 0 Å². The van der Waals surface area contributed by atoms with E-state index in [4.69, 9.17) is 15.0 Å². The zero-order valence-electron chi connectivity index (χ0n) is 11.2. The lowest BCUT2D eigenvalue weighted by Crippen LogP contribution is -2.30. The van der Waals surface area contributed by atoms with Gasteiger partial charge in [0.15, 0.2) is 5.76 Å². The lowest BCUT2D eigenvalue weighted by Gasteiger charge is -2.03. The first-order valence-electron chi connectivity index (χ1n) is 6.41. The molecule has 0 fully saturated rings. The Morgan fingerprint density at radius 2 is 2.10 bits per heavy atom. The summed E-state index contributed by atoms with van der Waals surface area (Å²) in [6, 6.07) is 11.4. The Kier molecular flexibility index (Phi) is 4.01. The quantitative estimate of drug-likeness (QED) is 0.431. The minimum atomic E-state index is -0.457. The van der Waals surface area contributed by atoms with Gasteiger partial charge in [-0.05, 0) is 17.5 Å². The van der Waals surface area contributed by atoms with Crippen LogP contribution in [0.3, 0.4) is 0 Å². The van der Waals surface area contributed by atoms with E-state index in [1.54, 1.807) is 11.3 Å². The van der Waals surface area contributed by atoms with Crippen LogP contribution in [0.1, 0.15) is 21.0 Å². The van der Waals surface area contributed by atoms with E-state index in [1.807, 2.05) is 41.8 Å². The predicted molar refractivity (Wildman–Crippen MR) is 80.7 cm³/mol. The molecule has 108 valence electrons. The van der Waals surface area contributed by atoms with Gasteiger partial charge < -0.3 is 9.15 Å². The molecule has 5 nitrogen and oxygen atoms in total. The molecule has 1 amide bonds. The highest BCUT2D eigenvalue weighted by atomic mass is 32.1. The van der Waals surface area contributed by atoms with Crippen molar-refractivity contribution < 1.29 is 13.9 Å². The smallest absolute Gasteiger partial charge is 0.301 e. The summed E-state index contributed by atoms with van der Waals surface area (Å²) in [6.45, 7) is 0.790. The molecule has 0 aliphatic carbocycles. The van der Waals surface area contributed by atoms with Gasteiger partial charge >= 0.3 is 5.91 Å². The zero-order chi connectivity index (χ0) is 14.7. The van der Waals surface area contributed by atoms with Gasteiger partial charge in [0.25, 0.3) is 0 Å². The number of rotatable bonds is 5. The van der Waals surface area contributed by atoms with E-state index in [0.29, 0.717) is 17.8 Å². The van der Waals surface area contributed by atoms with Gasteiger partial charge in [-0.15, -0.1) is 11.3 Å². The molecule has 0 spiro atoms. The number of benzene rings is 1. The third kappa shape index (κ3) is 2.82. The lowest BCUT2D eigenvalue weighted by atomic mass is 10.1. The number of carbonyl (C=O) groups is 1. The van der Waals surface area contributed by atoms with Crippen LogP contribution in [-0.4, -0.2) is 5.91 Å². The molecule has 0 unspecified atom stereocenters. The maximum Gasteiger partial charge on any atom is 0.301 e. The number of fused-ring (bicyclic) bond motifs is 1. The summed E-state index contributed by atoms with van der Waals surface area (Å²) in [5.74, 6) is 4.94. The first-order valence-corrected chi connectivity index (χ1v) is 7.29. The number of amides is 1. The summed E-state index contributed by atoms with van der Waals surface area (Å²) in [5.41, 5.74) is 3.46. The van der Waals surface area contributed by atoms with Gasteiger partial charge in [0.05, 0.1) is 13.2 Å². The van der Waals surface area contributed by atoms with E-state index in [1.165, 1.54) is 0 Å². The Morgan fingerprint density at radius 1 is 1.24 bits per heavy atom. The molecule has 3 rings (SSSR count). The van der Waals surface area contributed by atoms with Crippen LogP contribution >= 0.6 is 11.3 Å². The van der Waals surface area contributed by atoms with Gasteiger partial charge in [-0.1, -0.05) is 24.3 Å². The Morgan fingerprint density at radius 3 is 2.86 bits per heavy atom. The van der Waals surface area contributed by atoms with Crippen LogP contribution in [0.25, 0.3) is 11.0 Å². The first kappa shape index (κ1) is 13.8. The average Bonchev–Trinajstić information content (AvgIpc) is 3.14. The summed E-state index contributed by atoms with van der Waals surface area (Å²) >= 11 is 1.63. The molecule has 6 heteroatoms. The molecule has 0 bridgehead atoms. The molecule has 0 radical (unpaired) electrons. The van der Waals surface area contributed by atoms with E-state index in [9.17, 15) is 4.79 Å². The topological polar surface area (TPSA) is 77.5 Å². The highest BCUT2D eigenvalue weighted by Crippen LogP contribution is 2.27. The average molecular weight is 302 g/mol. The van der Waals surface area contributed by atoms with Crippen molar-refractivity contribution in [3.8, 4) is 0 Å². The maximum atomic E-state index is 11.8. The third-order valence-corrected chi connectivity index (χ3v) is 3.96. The number of nitrogen functional groups attached to an aromatic ring is 1. The molecule has 0 saturated carbocycles. The highest BCUT2D eigenvalue weighted by molar-refractivity contribution is 7.09. The van der Waals surface area contributed by atoms with E-state index in [-0.39, 0.29) is 12.4 Å². The SMILES string of the molecule is NNC(=O)c1oc2ccccc2c1COCc1cccs1. The van der Waals surface area contributed by atoms with Crippen molar-refractivity contribution >= 4 is 28.2 Å². The Bertz CT molecular complexity index is 749. The van der Waals surface area contributed by atoms with Gasteiger partial charge in [0, 0.05) is 15.8 Å². The van der Waals surface area contributed by atoms with E-state index < -0.39 is 5.91 Å². The van der Waals surface area contributed by atoms with Crippen LogP contribution in [0.4, 0.5) is 0 Å². The summed E-state index contributed by atoms with van der Waals surface area (Å²) in [6.07, 6.45) is 0. The first-order chi connectivity index (χ1) is 10.3. The number of nitrogens with two attached hydrogens (primary N) is 1. The molecule has 2 heterocycles. The third-order valence-electron chi connectivity index (χ3n) is 3.11.